The van der Waals surface area contributed by atoms with Gasteiger partial charge in [0, 0.05) is 32.7 Å². The molecular formula is C24H30N4O4. The van der Waals surface area contributed by atoms with Crippen molar-refractivity contribution >= 4 is 17.0 Å². The molecule has 3 aromatic heterocycles. The molecular weight excluding hydrogens is 408 g/mol. The number of hydrogen-bond acceptors (Lipinski definition) is 7. The van der Waals surface area contributed by atoms with Crippen LogP contribution >= 0.6 is 0 Å². The molecule has 5 rings (SSSR count). The Labute approximate surface area is 187 Å². The summed E-state index contributed by atoms with van der Waals surface area (Å²) >= 11 is 0. The molecule has 32 heavy (non-hydrogen) atoms. The summed E-state index contributed by atoms with van der Waals surface area (Å²) in [7, 11) is 0. The van der Waals surface area contributed by atoms with E-state index in [1.165, 1.54) is 0 Å². The van der Waals surface area contributed by atoms with Crippen molar-refractivity contribution in [2.24, 2.45) is 5.92 Å². The van der Waals surface area contributed by atoms with E-state index in [4.69, 9.17) is 13.7 Å². The van der Waals surface area contributed by atoms with Gasteiger partial charge in [0.25, 0.3) is 11.6 Å². The molecule has 3 aromatic rings. The lowest BCUT2D eigenvalue weighted by Crippen LogP contribution is -2.48. The van der Waals surface area contributed by atoms with Crippen LogP contribution in [-0.2, 0) is 4.74 Å². The van der Waals surface area contributed by atoms with Gasteiger partial charge in [0.15, 0.2) is 5.76 Å². The Morgan fingerprint density at radius 3 is 2.62 bits per heavy atom. The topological polar surface area (TPSA) is 84.8 Å². The number of furan rings is 1. The molecule has 0 N–H and O–H groups in total. The third kappa shape index (κ3) is 4.17. The van der Waals surface area contributed by atoms with Gasteiger partial charge in [0.2, 0.25) is 0 Å². The van der Waals surface area contributed by atoms with Gasteiger partial charge in [0.05, 0.1) is 35.1 Å². The number of ether oxygens (including phenoxy) is 1. The number of aryl methyl sites for hydroxylation is 1. The highest BCUT2D eigenvalue weighted by Crippen LogP contribution is 2.29. The van der Waals surface area contributed by atoms with Crippen LogP contribution in [0.5, 0.6) is 0 Å². The molecule has 8 heteroatoms. The van der Waals surface area contributed by atoms with Gasteiger partial charge < -0.3 is 18.6 Å². The van der Waals surface area contributed by atoms with Crippen molar-refractivity contribution in [2.75, 3.05) is 32.7 Å². The minimum Gasteiger partial charge on any atom is -0.463 e. The Morgan fingerprint density at radius 2 is 1.94 bits per heavy atom. The van der Waals surface area contributed by atoms with Crippen LogP contribution in [0.1, 0.15) is 42.7 Å². The van der Waals surface area contributed by atoms with Gasteiger partial charge in [-0.05, 0) is 57.7 Å². The van der Waals surface area contributed by atoms with Crippen LogP contribution in [-0.4, -0.2) is 70.8 Å². The molecule has 2 unspecified atom stereocenters. The minimum absolute atomic E-state index is 0.00331. The fourth-order valence-corrected chi connectivity index (χ4v) is 5.10. The Kier molecular flexibility index (Phi) is 5.73. The first-order chi connectivity index (χ1) is 15.5. The maximum Gasteiger partial charge on any atom is 0.259 e. The van der Waals surface area contributed by atoms with Crippen molar-refractivity contribution in [3.8, 4) is 11.5 Å². The summed E-state index contributed by atoms with van der Waals surface area (Å²) < 4.78 is 16.7. The van der Waals surface area contributed by atoms with E-state index in [1.54, 1.807) is 18.4 Å². The molecule has 0 bridgehead atoms. The van der Waals surface area contributed by atoms with Crippen LogP contribution in [0, 0.1) is 12.8 Å². The molecule has 0 radical (unpaired) electrons. The van der Waals surface area contributed by atoms with Crippen molar-refractivity contribution in [1.82, 2.24) is 19.9 Å². The van der Waals surface area contributed by atoms with Gasteiger partial charge in [-0.15, -0.1) is 0 Å². The number of carbonyl (C=O) groups is 1. The SMILES string of the molecule is Cc1noc2nc(-c3ccco3)cc(C(=O)N3CCC(CN4CC(C)OC(C)C4)CC3)c12. The van der Waals surface area contributed by atoms with Crippen LogP contribution in [0.15, 0.2) is 33.4 Å². The first-order valence-corrected chi connectivity index (χ1v) is 11.5. The summed E-state index contributed by atoms with van der Waals surface area (Å²) in [6, 6.07) is 5.43. The van der Waals surface area contributed by atoms with E-state index < -0.39 is 0 Å². The van der Waals surface area contributed by atoms with E-state index >= 15 is 0 Å². The summed E-state index contributed by atoms with van der Waals surface area (Å²) in [5, 5.41) is 4.73. The smallest absolute Gasteiger partial charge is 0.259 e. The number of fused-ring (bicyclic) bond motifs is 1. The normalized spacial score (nSPS) is 23.2. The number of likely N-dealkylation sites (tertiary alicyclic amines) is 1. The summed E-state index contributed by atoms with van der Waals surface area (Å²) in [6.45, 7) is 10.7. The van der Waals surface area contributed by atoms with Crippen LogP contribution in [0.4, 0.5) is 0 Å². The predicted octanol–water partition coefficient (Wildman–Crippen LogP) is 3.75. The molecule has 0 spiro atoms. The highest BCUT2D eigenvalue weighted by Gasteiger charge is 2.30. The van der Waals surface area contributed by atoms with Crippen molar-refractivity contribution in [1.29, 1.82) is 0 Å². The quantitative estimate of drug-likeness (QED) is 0.613. The number of morpholine rings is 1. The molecule has 170 valence electrons. The molecule has 2 atom stereocenters. The molecule has 8 nitrogen and oxygen atoms in total. The van der Waals surface area contributed by atoms with Gasteiger partial charge in [-0.25, -0.2) is 4.98 Å². The average molecular weight is 439 g/mol. The highest BCUT2D eigenvalue weighted by atomic mass is 16.5. The number of rotatable bonds is 4. The molecule has 2 aliphatic rings. The van der Waals surface area contributed by atoms with E-state index in [0.717, 1.165) is 45.6 Å². The zero-order valence-corrected chi connectivity index (χ0v) is 18.9. The molecule has 2 aliphatic heterocycles. The number of amides is 1. The van der Waals surface area contributed by atoms with Gasteiger partial charge in [-0.1, -0.05) is 5.16 Å². The highest BCUT2D eigenvalue weighted by molar-refractivity contribution is 6.06. The van der Waals surface area contributed by atoms with Gasteiger partial charge >= 0.3 is 0 Å². The van der Waals surface area contributed by atoms with Crippen molar-refractivity contribution < 1.29 is 18.5 Å². The molecule has 0 aromatic carbocycles. The Morgan fingerprint density at radius 1 is 1.19 bits per heavy atom. The number of piperidine rings is 1. The minimum atomic E-state index is 0.00331. The number of carbonyl (C=O) groups excluding carboxylic acids is 1. The summed E-state index contributed by atoms with van der Waals surface area (Å²) in [5.74, 6) is 1.20. The Hall–Kier alpha value is -2.71. The second kappa shape index (κ2) is 8.67. The third-order valence-electron chi connectivity index (χ3n) is 6.53. The fourth-order valence-electron chi connectivity index (χ4n) is 5.10. The van der Waals surface area contributed by atoms with Crippen LogP contribution in [0.3, 0.4) is 0 Å². The van der Waals surface area contributed by atoms with E-state index in [0.29, 0.717) is 39.7 Å². The second-order valence-electron chi connectivity index (χ2n) is 9.19. The van der Waals surface area contributed by atoms with E-state index in [9.17, 15) is 4.79 Å². The van der Waals surface area contributed by atoms with E-state index in [2.05, 4.69) is 28.9 Å². The van der Waals surface area contributed by atoms with Crippen LogP contribution in [0.2, 0.25) is 0 Å². The lowest BCUT2D eigenvalue weighted by molar-refractivity contribution is -0.0728. The van der Waals surface area contributed by atoms with Gasteiger partial charge in [-0.3, -0.25) is 9.69 Å². The third-order valence-corrected chi connectivity index (χ3v) is 6.53. The van der Waals surface area contributed by atoms with Crippen LogP contribution in [0.25, 0.3) is 22.6 Å². The van der Waals surface area contributed by atoms with Gasteiger partial charge in [-0.2, -0.15) is 0 Å². The summed E-state index contributed by atoms with van der Waals surface area (Å²) in [6.07, 6.45) is 4.17. The monoisotopic (exact) mass is 438 g/mol. The first kappa shape index (κ1) is 21.2. The molecule has 5 heterocycles. The first-order valence-electron chi connectivity index (χ1n) is 11.5. The van der Waals surface area contributed by atoms with Crippen molar-refractivity contribution in [3.05, 3.63) is 35.7 Å². The second-order valence-corrected chi connectivity index (χ2v) is 9.19. The van der Waals surface area contributed by atoms with Crippen molar-refractivity contribution in [2.45, 2.75) is 45.8 Å². The Balaban J connectivity index is 1.30. The molecule has 2 saturated heterocycles. The standard InChI is InChI=1S/C24H30N4O4/c1-15-12-27(13-16(2)31-15)14-18-6-8-28(9-7-18)24(29)19-11-20(21-5-4-10-30-21)25-23-22(19)17(3)26-32-23/h4-5,10-11,15-16,18H,6-9,12-14H2,1-3H3. The lowest BCUT2D eigenvalue weighted by atomic mass is 9.95. The Bertz CT molecular complexity index is 1080. The number of aromatic nitrogens is 2. The van der Waals surface area contributed by atoms with Crippen molar-refractivity contribution in [3.63, 3.8) is 0 Å². The predicted molar refractivity (Wildman–Crippen MR) is 119 cm³/mol. The molecule has 2 fully saturated rings. The largest absolute Gasteiger partial charge is 0.463 e. The molecule has 0 aliphatic carbocycles. The number of nitrogens with zero attached hydrogens (tertiary/aromatic N) is 4. The summed E-state index contributed by atoms with van der Waals surface area (Å²) in [5.41, 5.74) is 2.19. The van der Waals surface area contributed by atoms with E-state index in [-0.39, 0.29) is 18.1 Å². The average Bonchev–Trinajstić information content (AvgIpc) is 3.43. The van der Waals surface area contributed by atoms with Gasteiger partial charge in [0.1, 0.15) is 5.69 Å². The number of pyridine rings is 1. The van der Waals surface area contributed by atoms with E-state index in [1.807, 2.05) is 17.9 Å². The molecule has 0 saturated carbocycles. The molecule has 1 amide bonds. The number of hydrogen-bond donors (Lipinski definition) is 0. The zero-order valence-electron chi connectivity index (χ0n) is 18.9. The van der Waals surface area contributed by atoms with Crippen LogP contribution < -0.4 is 0 Å². The summed E-state index contributed by atoms with van der Waals surface area (Å²) in [4.78, 5) is 22.5. The zero-order chi connectivity index (χ0) is 22.2. The maximum absolute atomic E-state index is 13.5. The fraction of sp³-hybridized carbons (Fsp3) is 0.542. The lowest BCUT2D eigenvalue weighted by Gasteiger charge is -2.39. The maximum atomic E-state index is 13.5.